The zero-order valence-electron chi connectivity index (χ0n) is 9.61. The van der Waals surface area contributed by atoms with E-state index in [-0.39, 0.29) is 11.7 Å². The molecule has 0 aliphatic rings. The van der Waals surface area contributed by atoms with E-state index in [0.717, 1.165) is 12.2 Å². The van der Waals surface area contributed by atoms with Gasteiger partial charge in [-0.25, -0.2) is 4.39 Å². The standard InChI is InChI=1S/C13H15FN2O/c1-9(8-10-4-3-7-17-10)16-12-6-2-5-11(14)13(12)15/h2-7,9,16H,8,15H2,1H3. The van der Waals surface area contributed by atoms with Gasteiger partial charge in [-0.3, -0.25) is 0 Å². The second-order valence-corrected chi connectivity index (χ2v) is 4.03. The van der Waals surface area contributed by atoms with E-state index < -0.39 is 5.82 Å². The van der Waals surface area contributed by atoms with Gasteiger partial charge < -0.3 is 15.5 Å². The van der Waals surface area contributed by atoms with Gasteiger partial charge in [0.15, 0.2) is 0 Å². The van der Waals surface area contributed by atoms with Gasteiger partial charge in [-0.2, -0.15) is 0 Å². The smallest absolute Gasteiger partial charge is 0.148 e. The highest BCUT2D eigenvalue weighted by Gasteiger charge is 2.09. The van der Waals surface area contributed by atoms with Gasteiger partial charge in [0.05, 0.1) is 17.6 Å². The summed E-state index contributed by atoms with van der Waals surface area (Å²) in [6, 6.07) is 8.61. The molecule has 1 aromatic carbocycles. The van der Waals surface area contributed by atoms with E-state index >= 15 is 0 Å². The fourth-order valence-electron chi connectivity index (χ4n) is 1.71. The fourth-order valence-corrected chi connectivity index (χ4v) is 1.71. The molecule has 0 saturated heterocycles. The number of nitrogen functional groups attached to an aromatic ring is 1. The first-order chi connectivity index (χ1) is 8.16. The Kier molecular flexibility index (Phi) is 3.32. The maximum Gasteiger partial charge on any atom is 0.148 e. The van der Waals surface area contributed by atoms with Crippen molar-refractivity contribution in [1.82, 2.24) is 0 Å². The summed E-state index contributed by atoms with van der Waals surface area (Å²) in [5, 5.41) is 3.16. The third-order valence-electron chi connectivity index (χ3n) is 2.54. The quantitative estimate of drug-likeness (QED) is 0.799. The number of hydrogen-bond acceptors (Lipinski definition) is 3. The van der Waals surface area contributed by atoms with Crippen molar-refractivity contribution in [3.8, 4) is 0 Å². The Balaban J connectivity index is 2.03. The van der Waals surface area contributed by atoms with E-state index in [9.17, 15) is 4.39 Å². The third-order valence-corrected chi connectivity index (χ3v) is 2.54. The zero-order valence-corrected chi connectivity index (χ0v) is 9.61. The lowest BCUT2D eigenvalue weighted by atomic mass is 10.1. The number of halogens is 1. The summed E-state index contributed by atoms with van der Waals surface area (Å²) in [5.74, 6) is 0.486. The predicted octanol–water partition coefficient (Wildman–Crippen LogP) is 3.04. The Labute approximate surface area is 99.4 Å². The summed E-state index contributed by atoms with van der Waals surface area (Å²) in [7, 11) is 0. The van der Waals surface area contributed by atoms with E-state index in [0.29, 0.717) is 5.69 Å². The molecular formula is C13H15FN2O. The molecule has 0 saturated carbocycles. The van der Waals surface area contributed by atoms with Crippen molar-refractivity contribution in [2.75, 3.05) is 11.1 Å². The minimum atomic E-state index is -0.403. The molecule has 0 fully saturated rings. The van der Waals surface area contributed by atoms with Crippen LogP contribution in [0.3, 0.4) is 0 Å². The fraction of sp³-hybridized carbons (Fsp3) is 0.231. The molecule has 2 aromatic rings. The van der Waals surface area contributed by atoms with E-state index in [4.69, 9.17) is 10.2 Å². The van der Waals surface area contributed by atoms with Gasteiger partial charge in [0, 0.05) is 12.5 Å². The van der Waals surface area contributed by atoms with Crippen molar-refractivity contribution < 1.29 is 8.81 Å². The van der Waals surface area contributed by atoms with Crippen LogP contribution in [0.2, 0.25) is 0 Å². The predicted molar refractivity (Wildman–Crippen MR) is 66.3 cm³/mol. The molecule has 0 spiro atoms. The number of nitrogens with one attached hydrogen (secondary N) is 1. The molecule has 2 rings (SSSR count). The molecule has 0 aliphatic heterocycles. The van der Waals surface area contributed by atoms with Gasteiger partial charge in [0.1, 0.15) is 11.6 Å². The lowest BCUT2D eigenvalue weighted by molar-refractivity contribution is 0.498. The maximum atomic E-state index is 13.2. The summed E-state index contributed by atoms with van der Waals surface area (Å²) >= 11 is 0. The van der Waals surface area contributed by atoms with Crippen LogP contribution >= 0.6 is 0 Å². The molecule has 0 aliphatic carbocycles. The molecule has 1 aromatic heterocycles. The Morgan fingerprint density at radius 2 is 2.18 bits per heavy atom. The molecule has 0 amide bonds. The molecule has 3 N–H and O–H groups in total. The molecule has 3 nitrogen and oxygen atoms in total. The van der Waals surface area contributed by atoms with Gasteiger partial charge in [0.2, 0.25) is 0 Å². The number of para-hydroxylation sites is 1. The molecule has 0 bridgehead atoms. The van der Waals surface area contributed by atoms with Crippen molar-refractivity contribution in [1.29, 1.82) is 0 Å². The van der Waals surface area contributed by atoms with Crippen LogP contribution in [0.1, 0.15) is 12.7 Å². The highest BCUT2D eigenvalue weighted by atomic mass is 19.1. The number of furan rings is 1. The average molecular weight is 234 g/mol. The van der Waals surface area contributed by atoms with Crippen LogP contribution in [0.4, 0.5) is 15.8 Å². The molecule has 1 heterocycles. The summed E-state index contributed by atoms with van der Waals surface area (Å²) in [5.41, 5.74) is 6.41. The lowest BCUT2D eigenvalue weighted by Crippen LogP contribution is -2.18. The van der Waals surface area contributed by atoms with Crippen molar-refractivity contribution in [2.45, 2.75) is 19.4 Å². The van der Waals surface area contributed by atoms with Gasteiger partial charge in [-0.1, -0.05) is 6.07 Å². The average Bonchev–Trinajstić information content (AvgIpc) is 2.77. The molecular weight excluding hydrogens is 219 g/mol. The molecule has 90 valence electrons. The normalized spacial score (nSPS) is 12.4. The first kappa shape index (κ1) is 11.5. The van der Waals surface area contributed by atoms with Crippen LogP contribution < -0.4 is 11.1 Å². The van der Waals surface area contributed by atoms with Crippen molar-refractivity contribution in [3.05, 3.63) is 48.2 Å². The molecule has 17 heavy (non-hydrogen) atoms. The zero-order chi connectivity index (χ0) is 12.3. The Morgan fingerprint density at radius 1 is 1.35 bits per heavy atom. The van der Waals surface area contributed by atoms with Gasteiger partial charge in [-0.05, 0) is 31.2 Å². The molecule has 1 atom stereocenters. The highest BCUT2D eigenvalue weighted by molar-refractivity contribution is 5.66. The van der Waals surface area contributed by atoms with Crippen LogP contribution in [0, 0.1) is 5.82 Å². The van der Waals surface area contributed by atoms with Crippen LogP contribution in [0.15, 0.2) is 41.0 Å². The minimum Gasteiger partial charge on any atom is -0.469 e. The summed E-state index contributed by atoms with van der Waals surface area (Å²) in [6.45, 7) is 1.99. The molecule has 4 heteroatoms. The number of rotatable bonds is 4. The third kappa shape index (κ3) is 2.78. The van der Waals surface area contributed by atoms with E-state index in [1.54, 1.807) is 18.4 Å². The van der Waals surface area contributed by atoms with Crippen molar-refractivity contribution >= 4 is 11.4 Å². The van der Waals surface area contributed by atoms with E-state index in [2.05, 4.69) is 5.32 Å². The number of anilines is 2. The highest BCUT2D eigenvalue weighted by Crippen LogP contribution is 2.22. The Hall–Kier alpha value is -1.97. The monoisotopic (exact) mass is 234 g/mol. The van der Waals surface area contributed by atoms with Crippen molar-refractivity contribution in [2.24, 2.45) is 0 Å². The lowest BCUT2D eigenvalue weighted by Gasteiger charge is -2.15. The summed E-state index contributed by atoms with van der Waals surface area (Å²) < 4.78 is 18.5. The van der Waals surface area contributed by atoms with Crippen LogP contribution in [0.25, 0.3) is 0 Å². The summed E-state index contributed by atoms with van der Waals surface area (Å²) in [6.07, 6.45) is 2.36. The second kappa shape index (κ2) is 4.91. The first-order valence-electron chi connectivity index (χ1n) is 5.49. The maximum absolute atomic E-state index is 13.2. The Bertz CT molecular complexity index is 482. The van der Waals surface area contributed by atoms with Crippen LogP contribution in [-0.4, -0.2) is 6.04 Å². The van der Waals surface area contributed by atoms with Gasteiger partial charge in [0.25, 0.3) is 0 Å². The number of hydrogen-bond donors (Lipinski definition) is 2. The SMILES string of the molecule is CC(Cc1ccco1)Nc1cccc(F)c1N. The molecule has 0 radical (unpaired) electrons. The van der Waals surface area contributed by atoms with Crippen LogP contribution in [-0.2, 0) is 6.42 Å². The molecule has 1 unspecified atom stereocenters. The van der Waals surface area contributed by atoms with E-state index in [1.165, 1.54) is 6.07 Å². The minimum absolute atomic E-state index is 0.116. The van der Waals surface area contributed by atoms with Gasteiger partial charge in [-0.15, -0.1) is 0 Å². The van der Waals surface area contributed by atoms with E-state index in [1.807, 2.05) is 19.1 Å². The van der Waals surface area contributed by atoms with Gasteiger partial charge >= 0.3 is 0 Å². The largest absolute Gasteiger partial charge is 0.469 e. The van der Waals surface area contributed by atoms with Crippen LogP contribution in [0.5, 0.6) is 0 Å². The summed E-state index contributed by atoms with van der Waals surface area (Å²) in [4.78, 5) is 0. The Morgan fingerprint density at radius 3 is 2.88 bits per heavy atom. The number of benzene rings is 1. The first-order valence-corrected chi connectivity index (χ1v) is 5.49. The van der Waals surface area contributed by atoms with Crippen molar-refractivity contribution in [3.63, 3.8) is 0 Å². The number of nitrogens with two attached hydrogens (primary N) is 1. The topological polar surface area (TPSA) is 51.2 Å². The second-order valence-electron chi connectivity index (χ2n) is 4.03.